The number of nitrogens with one attached hydrogen (secondary N) is 1. The first-order chi connectivity index (χ1) is 6.84. The summed E-state index contributed by atoms with van der Waals surface area (Å²) in [6, 6.07) is 0.730. The van der Waals surface area contributed by atoms with Gasteiger partial charge < -0.3 is 10.1 Å². The van der Waals surface area contributed by atoms with E-state index in [1.807, 2.05) is 0 Å². The number of fused-ring (bicyclic) bond motifs is 2. The molecule has 2 saturated carbocycles. The van der Waals surface area contributed by atoms with E-state index in [1.165, 1.54) is 32.1 Å². The fraction of sp³-hybridized carbons (Fsp3) is 1.00. The van der Waals surface area contributed by atoms with Gasteiger partial charge in [0.05, 0.1) is 5.60 Å². The molecular weight excluding hydrogens is 174 g/mol. The van der Waals surface area contributed by atoms with Crippen LogP contribution in [0.5, 0.6) is 0 Å². The highest BCUT2D eigenvalue weighted by Crippen LogP contribution is 2.61. The fourth-order valence-electron chi connectivity index (χ4n) is 3.70. The van der Waals surface area contributed by atoms with E-state index in [9.17, 15) is 0 Å². The summed E-state index contributed by atoms with van der Waals surface area (Å²) in [6.45, 7) is 4.30. The van der Waals surface area contributed by atoms with E-state index in [0.29, 0.717) is 5.60 Å². The second-order valence-corrected chi connectivity index (χ2v) is 5.30. The third-order valence-electron chi connectivity index (χ3n) is 4.48. The summed E-state index contributed by atoms with van der Waals surface area (Å²) in [4.78, 5) is 0. The molecule has 2 nitrogen and oxygen atoms in total. The predicted octanol–water partition coefficient (Wildman–Crippen LogP) is 1.94. The highest BCUT2D eigenvalue weighted by Gasteiger charge is 2.59. The summed E-state index contributed by atoms with van der Waals surface area (Å²) in [5, 5.41) is 3.59. The van der Waals surface area contributed by atoms with Crippen LogP contribution in [0.15, 0.2) is 0 Å². The van der Waals surface area contributed by atoms with Crippen LogP contribution in [0.1, 0.15) is 39.0 Å². The van der Waals surface area contributed by atoms with Crippen molar-refractivity contribution in [3.63, 3.8) is 0 Å². The molecule has 1 heterocycles. The highest BCUT2D eigenvalue weighted by atomic mass is 16.5. The second-order valence-electron chi connectivity index (χ2n) is 5.30. The minimum Gasteiger partial charge on any atom is -0.375 e. The Bertz CT molecular complexity index is 228. The fourth-order valence-corrected chi connectivity index (χ4v) is 3.70. The standard InChI is InChI=1S/C12H21NO/c1-2-13-10-4-6-14-12(8-10)5-3-9-7-11(9)12/h9-11,13H,2-8H2,1H3. The molecule has 3 aliphatic rings. The lowest BCUT2D eigenvalue weighted by Crippen LogP contribution is -2.47. The zero-order valence-corrected chi connectivity index (χ0v) is 9.09. The van der Waals surface area contributed by atoms with E-state index in [-0.39, 0.29) is 0 Å². The van der Waals surface area contributed by atoms with E-state index in [4.69, 9.17) is 4.74 Å². The molecule has 14 heavy (non-hydrogen) atoms. The number of hydrogen-bond donors (Lipinski definition) is 1. The molecule has 0 aromatic carbocycles. The van der Waals surface area contributed by atoms with Crippen LogP contribution in [-0.4, -0.2) is 24.8 Å². The molecule has 0 amide bonds. The molecule has 0 aromatic heterocycles. The van der Waals surface area contributed by atoms with Crippen LogP contribution in [0.2, 0.25) is 0 Å². The average molecular weight is 195 g/mol. The van der Waals surface area contributed by atoms with Gasteiger partial charge in [0.2, 0.25) is 0 Å². The molecule has 1 aliphatic heterocycles. The van der Waals surface area contributed by atoms with E-state index in [2.05, 4.69) is 12.2 Å². The van der Waals surface area contributed by atoms with Crippen LogP contribution in [0.4, 0.5) is 0 Å². The molecule has 3 fully saturated rings. The number of ether oxygens (including phenoxy) is 1. The summed E-state index contributed by atoms with van der Waals surface area (Å²) >= 11 is 0. The molecule has 1 N–H and O–H groups in total. The normalized spacial score (nSPS) is 50.8. The summed E-state index contributed by atoms with van der Waals surface area (Å²) < 4.78 is 6.12. The smallest absolute Gasteiger partial charge is 0.0728 e. The van der Waals surface area contributed by atoms with Crippen molar-refractivity contribution in [2.24, 2.45) is 11.8 Å². The van der Waals surface area contributed by atoms with Gasteiger partial charge in [0.25, 0.3) is 0 Å². The summed E-state index contributed by atoms with van der Waals surface area (Å²) in [7, 11) is 0. The maximum atomic E-state index is 6.12. The van der Waals surface area contributed by atoms with Crippen molar-refractivity contribution in [3.05, 3.63) is 0 Å². The largest absolute Gasteiger partial charge is 0.375 e. The Balaban J connectivity index is 1.68. The minimum absolute atomic E-state index is 0.315. The van der Waals surface area contributed by atoms with Crippen LogP contribution < -0.4 is 5.32 Å². The lowest BCUT2D eigenvalue weighted by atomic mass is 9.86. The van der Waals surface area contributed by atoms with E-state index in [1.54, 1.807) is 0 Å². The topological polar surface area (TPSA) is 21.3 Å². The van der Waals surface area contributed by atoms with Crippen LogP contribution in [-0.2, 0) is 4.74 Å². The number of hydrogen-bond acceptors (Lipinski definition) is 2. The SMILES string of the molecule is CCNC1CCOC2(CCC3CC32)C1. The van der Waals surface area contributed by atoms with Gasteiger partial charge in [-0.15, -0.1) is 0 Å². The third-order valence-corrected chi connectivity index (χ3v) is 4.48. The van der Waals surface area contributed by atoms with Crippen molar-refractivity contribution in [3.8, 4) is 0 Å². The van der Waals surface area contributed by atoms with Crippen molar-refractivity contribution in [2.45, 2.75) is 50.7 Å². The summed E-state index contributed by atoms with van der Waals surface area (Å²) in [5.74, 6) is 1.97. The van der Waals surface area contributed by atoms with Gasteiger partial charge in [-0.05, 0) is 50.5 Å². The monoisotopic (exact) mass is 195 g/mol. The van der Waals surface area contributed by atoms with Crippen molar-refractivity contribution >= 4 is 0 Å². The van der Waals surface area contributed by atoms with Gasteiger partial charge in [-0.25, -0.2) is 0 Å². The second kappa shape index (κ2) is 3.21. The minimum atomic E-state index is 0.315. The Kier molecular flexibility index (Phi) is 2.10. The Morgan fingerprint density at radius 3 is 3.00 bits per heavy atom. The van der Waals surface area contributed by atoms with Crippen LogP contribution in [0.3, 0.4) is 0 Å². The average Bonchev–Trinajstić information content (AvgIpc) is 2.90. The Morgan fingerprint density at radius 2 is 2.36 bits per heavy atom. The third kappa shape index (κ3) is 1.31. The molecule has 2 heteroatoms. The van der Waals surface area contributed by atoms with Gasteiger partial charge in [0, 0.05) is 12.6 Å². The van der Waals surface area contributed by atoms with Crippen molar-refractivity contribution in [1.29, 1.82) is 0 Å². The van der Waals surface area contributed by atoms with Gasteiger partial charge in [-0.1, -0.05) is 6.92 Å². The quantitative estimate of drug-likeness (QED) is 0.727. The van der Waals surface area contributed by atoms with Gasteiger partial charge in [0.1, 0.15) is 0 Å². The molecule has 0 bridgehead atoms. The Morgan fingerprint density at radius 1 is 1.43 bits per heavy atom. The van der Waals surface area contributed by atoms with E-state index < -0.39 is 0 Å². The van der Waals surface area contributed by atoms with Gasteiger partial charge in [0.15, 0.2) is 0 Å². The van der Waals surface area contributed by atoms with E-state index >= 15 is 0 Å². The Labute approximate surface area is 86.4 Å². The highest BCUT2D eigenvalue weighted by molar-refractivity contribution is 5.10. The molecule has 1 spiro atoms. The summed E-state index contributed by atoms with van der Waals surface area (Å²) in [5.41, 5.74) is 0.315. The van der Waals surface area contributed by atoms with E-state index in [0.717, 1.165) is 31.0 Å². The zero-order chi connectivity index (χ0) is 9.60. The van der Waals surface area contributed by atoms with Gasteiger partial charge in [-0.2, -0.15) is 0 Å². The molecule has 4 unspecified atom stereocenters. The Hall–Kier alpha value is -0.0800. The summed E-state index contributed by atoms with van der Waals surface area (Å²) in [6.07, 6.45) is 6.72. The molecule has 0 radical (unpaired) electrons. The number of rotatable bonds is 2. The zero-order valence-electron chi connectivity index (χ0n) is 9.09. The van der Waals surface area contributed by atoms with Gasteiger partial charge >= 0.3 is 0 Å². The van der Waals surface area contributed by atoms with Crippen LogP contribution in [0.25, 0.3) is 0 Å². The molecule has 0 aromatic rings. The molecule has 1 saturated heterocycles. The lowest BCUT2D eigenvalue weighted by Gasteiger charge is -2.40. The molecule has 2 aliphatic carbocycles. The molecule has 80 valence electrons. The van der Waals surface area contributed by atoms with Crippen LogP contribution in [0, 0.1) is 11.8 Å². The molecule has 3 rings (SSSR count). The van der Waals surface area contributed by atoms with Crippen LogP contribution >= 0.6 is 0 Å². The maximum absolute atomic E-state index is 6.12. The first-order valence-corrected chi connectivity index (χ1v) is 6.21. The lowest BCUT2D eigenvalue weighted by molar-refractivity contribution is -0.0980. The predicted molar refractivity (Wildman–Crippen MR) is 56.2 cm³/mol. The first-order valence-electron chi connectivity index (χ1n) is 6.21. The maximum Gasteiger partial charge on any atom is 0.0728 e. The van der Waals surface area contributed by atoms with Crippen molar-refractivity contribution < 1.29 is 4.74 Å². The van der Waals surface area contributed by atoms with Crippen molar-refractivity contribution in [2.75, 3.05) is 13.2 Å². The van der Waals surface area contributed by atoms with Gasteiger partial charge in [-0.3, -0.25) is 0 Å². The first kappa shape index (κ1) is 9.17. The van der Waals surface area contributed by atoms with Crippen molar-refractivity contribution in [1.82, 2.24) is 5.32 Å². The molecule has 4 atom stereocenters. The molecular formula is C12H21NO.